The highest BCUT2D eigenvalue weighted by Crippen LogP contribution is 2.49. The molecule has 0 amide bonds. The molecule has 0 bridgehead atoms. The lowest BCUT2D eigenvalue weighted by molar-refractivity contribution is -0.0847. The number of aromatic nitrogens is 4. The van der Waals surface area contributed by atoms with Crippen LogP contribution in [-0.4, -0.2) is 42.9 Å². The minimum atomic E-state index is -3.97. The third kappa shape index (κ3) is 4.32. The summed E-state index contributed by atoms with van der Waals surface area (Å²) in [5.41, 5.74) is 4.28. The summed E-state index contributed by atoms with van der Waals surface area (Å²) in [4.78, 5) is 11.3. The number of benzene rings is 2. The van der Waals surface area contributed by atoms with Crippen LogP contribution in [0.3, 0.4) is 0 Å². The van der Waals surface area contributed by atoms with Crippen molar-refractivity contribution in [2.45, 2.75) is 24.4 Å². The van der Waals surface area contributed by atoms with Gasteiger partial charge in [-0.2, -0.15) is 14.4 Å². The fraction of sp³-hybridized carbons (Fsp3) is 0.208. The van der Waals surface area contributed by atoms with Crippen molar-refractivity contribution in [1.29, 1.82) is 0 Å². The molecule has 2 aromatic heterocycles. The number of imidazole rings is 1. The van der Waals surface area contributed by atoms with Crippen LogP contribution in [0.25, 0.3) is 11.2 Å². The highest BCUT2D eigenvalue weighted by molar-refractivity contribution is 7.62. The number of terminal acetylenes is 1. The fourth-order valence-electron chi connectivity index (χ4n) is 3.86. The molecule has 1 fully saturated rings. The average molecular weight is 508 g/mol. The Morgan fingerprint density at radius 3 is 2.78 bits per heavy atom. The summed E-state index contributed by atoms with van der Waals surface area (Å²) in [6.45, 7) is -0.470. The topological polar surface area (TPSA) is 135 Å². The molecular weight excluding hydrogens is 488 g/mol. The molecule has 1 unspecified atom stereocenters. The van der Waals surface area contributed by atoms with Crippen molar-refractivity contribution < 1.29 is 27.8 Å². The maximum atomic E-state index is 13.9. The molecule has 5 rings (SSSR count). The Bertz CT molecular complexity index is 1480. The summed E-state index contributed by atoms with van der Waals surface area (Å²) < 4.78 is 46.7. The minimum absolute atomic E-state index is 0.00527. The number of ether oxygens (including phenoxy) is 1. The van der Waals surface area contributed by atoms with Gasteiger partial charge in [-0.25, -0.2) is 9.55 Å². The van der Waals surface area contributed by atoms with Crippen LogP contribution in [0.1, 0.15) is 12.6 Å². The number of anilines is 1. The standard InChI is InChI=1S/C24H20FN5O5P/c1-2-24(14-33-36(32,17-11-7-4-8-12-17)35-16-9-5-3-6-10-16)18(31)13-19(34-24)30-15-27-20-21(26)28-23(25)29-22(20)30/h1,3,5-12,15,18-19,31H,13-14H2,(H2,26,28,29)/t18-,19+,24+,36?/m0/s1. The van der Waals surface area contributed by atoms with Crippen molar-refractivity contribution in [2.75, 3.05) is 12.3 Å². The zero-order valence-electron chi connectivity index (χ0n) is 18.7. The molecule has 4 aromatic rings. The summed E-state index contributed by atoms with van der Waals surface area (Å²) in [7, 11) is -3.97. The van der Waals surface area contributed by atoms with Gasteiger partial charge in [-0.1, -0.05) is 36.3 Å². The van der Waals surface area contributed by atoms with Crippen LogP contribution in [0.15, 0.2) is 60.9 Å². The Labute approximate surface area is 205 Å². The second-order valence-corrected chi connectivity index (χ2v) is 9.95. The number of fused-ring (bicyclic) bond motifs is 1. The highest BCUT2D eigenvalue weighted by atomic mass is 31.2. The van der Waals surface area contributed by atoms with E-state index in [1.807, 2.05) is 0 Å². The summed E-state index contributed by atoms with van der Waals surface area (Å²) in [5, 5.41) is 11.2. The van der Waals surface area contributed by atoms with Crippen molar-refractivity contribution in [3.05, 3.63) is 73.1 Å². The molecule has 12 heteroatoms. The summed E-state index contributed by atoms with van der Waals surface area (Å²) >= 11 is 0. The first kappa shape index (κ1) is 23.9. The van der Waals surface area contributed by atoms with Gasteiger partial charge in [0.25, 0.3) is 0 Å². The van der Waals surface area contributed by atoms with E-state index in [2.05, 4.69) is 26.9 Å². The van der Waals surface area contributed by atoms with E-state index >= 15 is 0 Å². The van der Waals surface area contributed by atoms with Gasteiger partial charge in [0.05, 0.1) is 11.6 Å². The Morgan fingerprint density at radius 2 is 2.06 bits per heavy atom. The molecule has 0 spiro atoms. The van der Waals surface area contributed by atoms with Crippen molar-refractivity contribution >= 4 is 29.9 Å². The number of halogens is 1. The van der Waals surface area contributed by atoms with Crippen LogP contribution in [-0.2, 0) is 13.8 Å². The van der Waals surface area contributed by atoms with Crippen LogP contribution < -0.4 is 15.6 Å². The van der Waals surface area contributed by atoms with Crippen LogP contribution in [0.2, 0.25) is 0 Å². The number of aliphatic hydroxyl groups is 1. The maximum absolute atomic E-state index is 13.9. The van der Waals surface area contributed by atoms with E-state index in [0.29, 0.717) is 5.75 Å². The first-order valence-corrected chi connectivity index (χ1v) is 12.3. The second-order valence-electron chi connectivity index (χ2n) is 7.99. The molecule has 1 radical (unpaired) electrons. The first-order chi connectivity index (χ1) is 17.3. The number of para-hydroxylation sites is 1. The van der Waals surface area contributed by atoms with Gasteiger partial charge in [-0.05, 0) is 30.3 Å². The lowest BCUT2D eigenvalue weighted by Crippen LogP contribution is -2.42. The molecule has 0 aliphatic carbocycles. The molecule has 2 aromatic carbocycles. The van der Waals surface area contributed by atoms with E-state index in [4.69, 9.17) is 25.9 Å². The number of aliphatic hydroxyl groups excluding tert-OH is 1. The predicted octanol–water partition coefficient (Wildman–Crippen LogP) is 2.61. The van der Waals surface area contributed by atoms with E-state index in [9.17, 15) is 14.1 Å². The molecule has 183 valence electrons. The number of nitrogen functional groups attached to an aromatic ring is 1. The molecule has 3 N–H and O–H groups in total. The summed E-state index contributed by atoms with van der Waals surface area (Å²) in [6.07, 6.45) is 3.95. The molecule has 10 nitrogen and oxygen atoms in total. The molecule has 1 aliphatic heterocycles. The highest BCUT2D eigenvalue weighted by Gasteiger charge is 2.50. The van der Waals surface area contributed by atoms with Crippen LogP contribution >= 0.6 is 7.60 Å². The van der Waals surface area contributed by atoms with Crippen molar-refractivity contribution in [1.82, 2.24) is 19.5 Å². The largest absolute Gasteiger partial charge is 0.421 e. The van der Waals surface area contributed by atoms with Crippen LogP contribution in [0.4, 0.5) is 10.2 Å². The van der Waals surface area contributed by atoms with E-state index in [-0.39, 0.29) is 28.7 Å². The molecule has 36 heavy (non-hydrogen) atoms. The lowest BCUT2D eigenvalue weighted by atomic mass is 9.99. The van der Waals surface area contributed by atoms with Crippen molar-refractivity contribution in [2.24, 2.45) is 0 Å². The Balaban J connectivity index is 1.43. The van der Waals surface area contributed by atoms with Crippen molar-refractivity contribution in [3.8, 4) is 18.1 Å². The van der Waals surface area contributed by atoms with Gasteiger partial charge < -0.3 is 20.1 Å². The molecule has 1 aliphatic rings. The normalized spacial score (nSPS) is 23.2. The lowest BCUT2D eigenvalue weighted by Gasteiger charge is -2.29. The number of hydrogen-bond acceptors (Lipinski definition) is 9. The zero-order chi connectivity index (χ0) is 25.3. The minimum Gasteiger partial charge on any atom is -0.421 e. The van der Waals surface area contributed by atoms with E-state index < -0.39 is 38.2 Å². The Morgan fingerprint density at radius 1 is 1.31 bits per heavy atom. The summed E-state index contributed by atoms with van der Waals surface area (Å²) in [6, 6.07) is 17.6. The third-order valence-electron chi connectivity index (χ3n) is 5.72. The van der Waals surface area contributed by atoms with Gasteiger partial charge >= 0.3 is 13.7 Å². The summed E-state index contributed by atoms with van der Waals surface area (Å²) in [5.74, 6) is 2.61. The number of nitrogens with zero attached hydrogens (tertiary/aromatic N) is 4. The number of nitrogens with two attached hydrogens (primary N) is 1. The fourth-order valence-corrected chi connectivity index (χ4v) is 5.44. The van der Waals surface area contributed by atoms with E-state index in [1.54, 1.807) is 54.6 Å². The molecule has 4 atom stereocenters. The molecule has 3 heterocycles. The van der Waals surface area contributed by atoms with Gasteiger partial charge in [0.1, 0.15) is 24.7 Å². The van der Waals surface area contributed by atoms with E-state index in [1.165, 1.54) is 10.9 Å². The monoisotopic (exact) mass is 508 g/mol. The number of hydrogen-bond donors (Lipinski definition) is 2. The molecular formula is C24H20FN5O5P. The zero-order valence-corrected chi connectivity index (χ0v) is 19.6. The first-order valence-electron chi connectivity index (χ1n) is 10.8. The van der Waals surface area contributed by atoms with Crippen LogP contribution in [0, 0.1) is 24.5 Å². The van der Waals surface area contributed by atoms with Gasteiger partial charge in [0.15, 0.2) is 22.6 Å². The van der Waals surface area contributed by atoms with Gasteiger partial charge in [-0.3, -0.25) is 9.09 Å². The second kappa shape index (κ2) is 9.33. The van der Waals surface area contributed by atoms with Gasteiger partial charge in [0.2, 0.25) is 0 Å². The smallest absolute Gasteiger partial charge is 0.410 e. The molecule has 1 saturated heterocycles. The Kier molecular flexibility index (Phi) is 6.20. The van der Waals surface area contributed by atoms with Gasteiger partial charge in [0, 0.05) is 6.42 Å². The quantitative estimate of drug-likeness (QED) is 0.219. The number of rotatable bonds is 7. The third-order valence-corrected chi connectivity index (χ3v) is 7.57. The predicted molar refractivity (Wildman–Crippen MR) is 128 cm³/mol. The SMILES string of the molecule is C#C[C@]1(COP(=O)(Oc2ccccc2)c2cc[c]cc2)O[C@@H](n2cnc3c(N)nc(F)nc32)C[C@@H]1O. The average Bonchev–Trinajstić information content (AvgIpc) is 3.45. The van der Waals surface area contributed by atoms with E-state index in [0.717, 1.165) is 0 Å². The van der Waals surface area contributed by atoms with Gasteiger partial charge in [-0.15, -0.1) is 6.42 Å². The van der Waals surface area contributed by atoms with Crippen LogP contribution in [0.5, 0.6) is 5.75 Å². The Hall–Kier alpha value is -3.81. The molecule has 0 saturated carbocycles. The van der Waals surface area contributed by atoms with Crippen molar-refractivity contribution in [3.63, 3.8) is 0 Å². The maximum Gasteiger partial charge on any atom is 0.410 e.